The molecule has 0 amide bonds. The molecule has 0 saturated carbocycles. The molecule has 3 aromatic heterocycles. The molecule has 9 heteroatoms. The average molecular weight is 395 g/mol. The second-order valence-corrected chi connectivity index (χ2v) is 6.90. The molecule has 0 unspecified atom stereocenters. The Morgan fingerprint density at radius 3 is 2.90 bits per heavy atom. The SMILES string of the molecule is CC(C)n1nccc1-c1nc(COc2cccc(F)c2)nn1CCc1cnc[nH]1. The van der Waals surface area contributed by atoms with Crippen molar-refractivity contribution in [2.24, 2.45) is 0 Å². The lowest BCUT2D eigenvalue weighted by molar-refractivity contribution is 0.293. The van der Waals surface area contributed by atoms with E-state index in [9.17, 15) is 4.39 Å². The van der Waals surface area contributed by atoms with Gasteiger partial charge in [-0.05, 0) is 32.0 Å². The number of aromatic amines is 1. The monoisotopic (exact) mass is 395 g/mol. The minimum atomic E-state index is -0.345. The van der Waals surface area contributed by atoms with E-state index in [0.29, 0.717) is 23.9 Å². The lowest BCUT2D eigenvalue weighted by Crippen LogP contribution is -2.10. The van der Waals surface area contributed by atoms with Crippen LogP contribution in [0.4, 0.5) is 4.39 Å². The van der Waals surface area contributed by atoms with E-state index in [1.165, 1.54) is 12.1 Å². The van der Waals surface area contributed by atoms with Crippen molar-refractivity contribution in [3.8, 4) is 17.3 Å². The van der Waals surface area contributed by atoms with Crippen LogP contribution in [0.3, 0.4) is 0 Å². The van der Waals surface area contributed by atoms with Crippen LogP contribution in [0.1, 0.15) is 31.4 Å². The molecule has 29 heavy (non-hydrogen) atoms. The van der Waals surface area contributed by atoms with Gasteiger partial charge in [-0.15, -0.1) is 0 Å². The van der Waals surface area contributed by atoms with Crippen LogP contribution in [0.5, 0.6) is 5.75 Å². The Labute approximate surface area is 167 Å². The van der Waals surface area contributed by atoms with E-state index in [0.717, 1.165) is 17.8 Å². The molecule has 0 aliphatic heterocycles. The zero-order chi connectivity index (χ0) is 20.2. The molecule has 0 aliphatic rings. The third kappa shape index (κ3) is 4.34. The first-order valence-corrected chi connectivity index (χ1v) is 9.43. The predicted octanol–water partition coefficient (Wildman–Crippen LogP) is 3.41. The van der Waals surface area contributed by atoms with Crippen molar-refractivity contribution in [1.29, 1.82) is 0 Å². The van der Waals surface area contributed by atoms with Gasteiger partial charge in [0.2, 0.25) is 0 Å². The lowest BCUT2D eigenvalue weighted by Gasteiger charge is -2.11. The number of halogens is 1. The number of H-pyrrole nitrogens is 1. The van der Waals surface area contributed by atoms with Crippen LogP contribution < -0.4 is 4.74 Å². The molecule has 0 saturated heterocycles. The van der Waals surface area contributed by atoms with E-state index in [-0.39, 0.29) is 18.5 Å². The van der Waals surface area contributed by atoms with Gasteiger partial charge < -0.3 is 9.72 Å². The number of benzene rings is 1. The number of nitrogens with zero attached hydrogens (tertiary/aromatic N) is 6. The van der Waals surface area contributed by atoms with Crippen molar-refractivity contribution in [3.63, 3.8) is 0 Å². The maximum absolute atomic E-state index is 13.4. The third-order valence-electron chi connectivity index (χ3n) is 4.42. The number of nitrogens with one attached hydrogen (secondary N) is 1. The van der Waals surface area contributed by atoms with E-state index in [2.05, 4.69) is 39.0 Å². The van der Waals surface area contributed by atoms with Gasteiger partial charge in [0.15, 0.2) is 11.6 Å². The van der Waals surface area contributed by atoms with Crippen molar-refractivity contribution >= 4 is 0 Å². The van der Waals surface area contributed by atoms with Gasteiger partial charge >= 0.3 is 0 Å². The summed E-state index contributed by atoms with van der Waals surface area (Å²) in [6, 6.07) is 8.13. The van der Waals surface area contributed by atoms with E-state index in [1.54, 1.807) is 30.9 Å². The normalized spacial score (nSPS) is 11.3. The Morgan fingerprint density at radius 2 is 2.14 bits per heavy atom. The molecule has 3 heterocycles. The maximum Gasteiger partial charge on any atom is 0.188 e. The van der Waals surface area contributed by atoms with Crippen molar-refractivity contribution in [2.75, 3.05) is 0 Å². The predicted molar refractivity (Wildman–Crippen MR) is 105 cm³/mol. The first-order valence-electron chi connectivity index (χ1n) is 9.43. The number of aromatic nitrogens is 7. The summed E-state index contributed by atoms with van der Waals surface area (Å²) in [5.41, 5.74) is 1.90. The van der Waals surface area contributed by atoms with Gasteiger partial charge in [0.1, 0.15) is 23.9 Å². The number of hydrogen-bond donors (Lipinski definition) is 1. The summed E-state index contributed by atoms with van der Waals surface area (Å²) in [7, 11) is 0. The molecular weight excluding hydrogens is 373 g/mol. The molecule has 0 radical (unpaired) electrons. The van der Waals surface area contributed by atoms with Gasteiger partial charge in [0, 0.05) is 43.2 Å². The summed E-state index contributed by atoms with van der Waals surface area (Å²) < 4.78 is 22.8. The molecule has 0 aliphatic carbocycles. The maximum atomic E-state index is 13.4. The molecular formula is C20H22FN7O. The Kier molecular flexibility index (Phi) is 5.37. The highest BCUT2D eigenvalue weighted by atomic mass is 19.1. The van der Waals surface area contributed by atoms with E-state index < -0.39 is 0 Å². The molecule has 4 aromatic rings. The summed E-state index contributed by atoms with van der Waals surface area (Å²) in [4.78, 5) is 11.8. The van der Waals surface area contributed by atoms with Gasteiger partial charge in [-0.2, -0.15) is 10.2 Å². The third-order valence-corrected chi connectivity index (χ3v) is 4.42. The molecule has 0 spiro atoms. The second kappa shape index (κ2) is 8.26. The highest BCUT2D eigenvalue weighted by molar-refractivity contribution is 5.49. The first kappa shape index (κ1) is 18.9. The van der Waals surface area contributed by atoms with Crippen molar-refractivity contribution in [2.45, 2.75) is 39.5 Å². The van der Waals surface area contributed by atoms with Gasteiger partial charge in [0.25, 0.3) is 0 Å². The van der Waals surface area contributed by atoms with E-state index in [4.69, 9.17) is 4.74 Å². The fourth-order valence-corrected chi connectivity index (χ4v) is 3.05. The Morgan fingerprint density at radius 1 is 1.24 bits per heavy atom. The molecule has 4 rings (SSSR count). The highest BCUT2D eigenvalue weighted by Crippen LogP contribution is 2.22. The molecule has 0 fully saturated rings. The Bertz CT molecular complexity index is 1070. The van der Waals surface area contributed by atoms with Crippen LogP contribution in [0.2, 0.25) is 0 Å². The van der Waals surface area contributed by atoms with Crippen LogP contribution in [0, 0.1) is 5.82 Å². The molecule has 1 aromatic carbocycles. The summed E-state index contributed by atoms with van der Waals surface area (Å²) in [5, 5.41) is 9.02. The molecule has 8 nitrogen and oxygen atoms in total. The zero-order valence-corrected chi connectivity index (χ0v) is 16.3. The van der Waals surface area contributed by atoms with Crippen molar-refractivity contribution in [3.05, 3.63) is 66.4 Å². The van der Waals surface area contributed by atoms with E-state index >= 15 is 0 Å². The number of aryl methyl sites for hydroxylation is 2. The van der Waals surface area contributed by atoms with Crippen LogP contribution in [0.15, 0.2) is 49.1 Å². The Hall–Kier alpha value is -3.49. The molecule has 0 atom stereocenters. The van der Waals surface area contributed by atoms with Crippen molar-refractivity contribution < 1.29 is 9.13 Å². The summed E-state index contributed by atoms with van der Waals surface area (Å²) >= 11 is 0. The number of rotatable bonds is 8. The standard InChI is InChI=1S/C20H22FN7O/c1-14(2)28-18(6-8-24-28)20-25-19(12-29-17-5-3-4-15(21)10-17)26-27(20)9-7-16-11-22-13-23-16/h3-6,8,10-11,13-14H,7,9,12H2,1-2H3,(H,22,23). The summed E-state index contributed by atoms with van der Waals surface area (Å²) in [6.45, 7) is 4.89. The van der Waals surface area contributed by atoms with Gasteiger partial charge in [0.05, 0.1) is 6.33 Å². The van der Waals surface area contributed by atoms with E-state index in [1.807, 2.05) is 15.4 Å². The summed E-state index contributed by atoms with van der Waals surface area (Å²) in [5.74, 6) is 1.33. The van der Waals surface area contributed by atoms with Gasteiger partial charge in [-0.25, -0.2) is 19.0 Å². The fraction of sp³-hybridized carbons (Fsp3) is 0.300. The smallest absolute Gasteiger partial charge is 0.188 e. The molecule has 0 bridgehead atoms. The average Bonchev–Trinajstić information content (AvgIpc) is 3.44. The van der Waals surface area contributed by atoms with Crippen LogP contribution in [-0.2, 0) is 19.6 Å². The van der Waals surface area contributed by atoms with Crippen molar-refractivity contribution in [1.82, 2.24) is 34.5 Å². The number of hydrogen-bond acceptors (Lipinski definition) is 5. The number of imidazole rings is 1. The number of ether oxygens (including phenoxy) is 1. The lowest BCUT2D eigenvalue weighted by atomic mass is 10.3. The topological polar surface area (TPSA) is 86.4 Å². The van der Waals surface area contributed by atoms with Gasteiger partial charge in [-0.3, -0.25) is 4.68 Å². The molecule has 1 N–H and O–H groups in total. The molecule has 150 valence electrons. The Balaban J connectivity index is 1.59. The van der Waals surface area contributed by atoms with Gasteiger partial charge in [-0.1, -0.05) is 6.07 Å². The van der Waals surface area contributed by atoms with Crippen LogP contribution in [-0.4, -0.2) is 34.5 Å². The largest absolute Gasteiger partial charge is 0.485 e. The first-order chi connectivity index (χ1) is 14.1. The summed E-state index contributed by atoms with van der Waals surface area (Å²) in [6.07, 6.45) is 5.94. The zero-order valence-electron chi connectivity index (χ0n) is 16.3. The highest BCUT2D eigenvalue weighted by Gasteiger charge is 2.18. The quantitative estimate of drug-likeness (QED) is 0.494. The van der Waals surface area contributed by atoms with Crippen LogP contribution >= 0.6 is 0 Å². The van der Waals surface area contributed by atoms with Crippen LogP contribution in [0.25, 0.3) is 11.5 Å². The minimum absolute atomic E-state index is 0.142. The fourth-order valence-electron chi connectivity index (χ4n) is 3.05. The second-order valence-electron chi connectivity index (χ2n) is 6.90. The minimum Gasteiger partial charge on any atom is -0.485 e.